The highest BCUT2D eigenvalue weighted by Crippen LogP contribution is 2.41. The van der Waals surface area contributed by atoms with Crippen LogP contribution in [0.5, 0.6) is 5.75 Å². The second-order valence-electron chi connectivity index (χ2n) is 10.0. The van der Waals surface area contributed by atoms with Gasteiger partial charge in [-0.25, -0.2) is 8.42 Å². The van der Waals surface area contributed by atoms with Crippen LogP contribution < -0.4 is 15.4 Å². The van der Waals surface area contributed by atoms with E-state index in [-0.39, 0.29) is 51.1 Å². The lowest BCUT2D eigenvalue weighted by atomic mass is 10.1. The number of sulfonamides is 1. The van der Waals surface area contributed by atoms with Crippen LogP contribution in [0, 0.1) is 0 Å². The molecule has 2 aromatic carbocycles. The van der Waals surface area contributed by atoms with E-state index in [1.54, 1.807) is 7.11 Å². The fraction of sp³-hybridized carbons (Fsp3) is 0.481. The van der Waals surface area contributed by atoms with Crippen molar-refractivity contribution in [3.63, 3.8) is 0 Å². The van der Waals surface area contributed by atoms with Crippen LogP contribution >= 0.6 is 0 Å². The van der Waals surface area contributed by atoms with E-state index in [1.165, 1.54) is 9.21 Å². The molecule has 0 radical (unpaired) electrons. The first-order valence-electron chi connectivity index (χ1n) is 13.0. The molecule has 0 bridgehead atoms. The van der Waals surface area contributed by atoms with Crippen molar-refractivity contribution in [2.45, 2.75) is 30.6 Å². The van der Waals surface area contributed by atoms with Gasteiger partial charge in [0.1, 0.15) is 11.8 Å². The Morgan fingerprint density at radius 1 is 1.02 bits per heavy atom. The van der Waals surface area contributed by atoms with Gasteiger partial charge in [-0.05, 0) is 48.4 Å². The van der Waals surface area contributed by atoms with Gasteiger partial charge in [-0.1, -0.05) is 12.1 Å². The van der Waals surface area contributed by atoms with Gasteiger partial charge in [0.05, 0.1) is 32.3 Å². The average Bonchev–Trinajstić information content (AvgIpc) is 3.73. The summed E-state index contributed by atoms with van der Waals surface area (Å²) in [6.07, 6.45) is -2.54. The second-order valence-corrected chi connectivity index (χ2v) is 12.0. The monoisotopic (exact) mass is 598 g/mol. The smallest absolute Gasteiger partial charge is 0.416 e. The number of hydrogen-bond donors (Lipinski definition) is 2. The van der Waals surface area contributed by atoms with Gasteiger partial charge in [-0.15, -0.1) is 0 Å². The van der Waals surface area contributed by atoms with Crippen LogP contribution in [0.2, 0.25) is 0 Å². The third kappa shape index (κ3) is 8.18. The third-order valence-corrected chi connectivity index (χ3v) is 8.47. The van der Waals surface area contributed by atoms with Crippen molar-refractivity contribution in [2.24, 2.45) is 0 Å². The summed E-state index contributed by atoms with van der Waals surface area (Å²) < 4.78 is 74.5. The molecule has 1 heterocycles. The number of amides is 2. The summed E-state index contributed by atoms with van der Waals surface area (Å²) in [5.41, 5.74) is 0.220. The maximum atomic E-state index is 13.3. The number of carbonyl (C=O) groups excluding carboxylic acids is 2. The first-order valence-corrected chi connectivity index (χ1v) is 14.9. The van der Waals surface area contributed by atoms with Crippen molar-refractivity contribution in [3.8, 4) is 5.75 Å². The maximum Gasteiger partial charge on any atom is 0.416 e. The Balaban J connectivity index is 1.35. The fourth-order valence-electron chi connectivity index (χ4n) is 4.67. The summed E-state index contributed by atoms with van der Waals surface area (Å²) in [5.74, 6) is -0.118. The Hall–Kier alpha value is -3.20. The number of hydrogen-bond acceptors (Lipinski definition) is 7. The first kappa shape index (κ1) is 30.8. The molecule has 3 atom stereocenters. The van der Waals surface area contributed by atoms with Crippen molar-refractivity contribution in [1.29, 1.82) is 0 Å². The molecular formula is C27H33F3N4O6S. The van der Waals surface area contributed by atoms with E-state index in [9.17, 15) is 31.2 Å². The number of alkyl halides is 3. The molecule has 10 nitrogen and oxygen atoms in total. The molecule has 1 unspecified atom stereocenters. The summed E-state index contributed by atoms with van der Waals surface area (Å²) in [5, 5.41) is 5.84. The predicted molar refractivity (Wildman–Crippen MR) is 144 cm³/mol. The number of carbonyl (C=O) groups is 2. The Morgan fingerprint density at radius 2 is 1.66 bits per heavy atom. The minimum atomic E-state index is -4.55. The maximum absolute atomic E-state index is 13.3. The van der Waals surface area contributed by atoms with Crippen LogP contribution in [0.4, 0.5) is 13.2 Å². The van der Waals surface area contributed by atoms with Crippen molar-refractivity contribution in [3.05, 3.63) is 65.2 Å². The molecule has 1 saturated carbocycles. The number of methoxy groups -OCH3 is 1. The largest absolute Gasteiger partial charge is 0.497 e. The van der Waals surface area contributed by atoms with Crippen molar-refractivity contribution < 1.29 is 40.7 Å². The van der Waals surface area contributed by atoms with Gasteiger partial charge in [-0.2, -0.15) is 17.5 Å². The zero-order valence-electron chi connectivity index (χ0n) is 22.7. The highest BCUT2D eigenvalue weighted by atomic mass is 32.2. The zero-order chi connectivity index (χ0) is 29.8. The molecule has 0 aromatic heterocycles. The number of halogens is 3. The van der Waals surface area contributed by atoms with Crippen LogP contribution in [0.15, 0.2) is 48.5 Å². The number of nitrogens with zero attached hydrogens (tertiary/aromatic N) is 2. The molecule has 1 aliphatic heterocycles. The molecule has 41 heavy (non-hydrogen) atoms. The fourth-order valence-corrected chi connectivity index (χ4v) is 5.50. The second kappa shape index (κ2) is 12.8. The number of ether oxygens (including phenoxy) is 2. The Morgan fingerprint density at radius 3 is 2.22 bits per heavy atom. The molecule has 1 aliphatic carbocycles. The van der Waals surface area contributed by atoms with Gasteiger partial charge in [0.25, 0.3) is 5.91 Å². The van der Waals surface area contributed by atoms with E-state index < -0.39 is 39.6 Å². The zero-order valence-corrected chi connectivity index (χ0v) is 23.5. The third-order valence-electron chi connectivity index (χ3n) is 7.16. The Labute approximate surface area is 236 Å². The van der Waals surface area contributed by atoms with E-state index in [2.05, 4.69) is 10.6 Å². The lowest BCUT2D eigenvalue weighted by Gasteiger charge is -2.35. The summed E-state index contributed by atoms with van der Waals surface area (Å²) in [4.78, 5) is 27.6. The molecule has 1 saturated heterocycles. The number of nitrogens with one attached hydrogen (secondary N) is 2. The van der Waals surface area contributed by atoms with E-state index >= 15 is 0 Å². The number of benzene rings is 2. The van der Waals surface area contributed by atoms with Gasteiger partial charge in [0.2, 0.25) is 15.9 Å². The van der Waals surface area contributed by atoms with Crippen LogP contribution in [-0.2, 0) is 25.7 Å². The van der Waals surface area contributed by atoms with Gasteiger partial charge in [0.15, 0.2) is 0 Å². The molecular weight excluding hydrogens is 565 g/mol. The average molecular weight is 599 g/mol. The normalized spacial score (nSPS) is 20.4. The molecule has 2 amide bonds. The van der Waals surface area contributed by atoms with Crippen LogP contribution in [0.1, 0.15) is 33.8 Å². The SMILES string of the molecule is COc1ccc([C@@H]2CC2NCOC[C@H](NC(=O)c2ccc(C(F)(F)F)cc2)C(=O)N2CCN(S(C)(=O)=O)CC2)cc1. The van der Waals surface area contributed by atoms with E-state index in [4.69, 9.17) is 9.47 Å². The molecule has 2 aliphatic rings. The summed E-state index contributed by atoms with van der Waals surface area (Å²) in [7, 11) is -1.80. The summed E-state index contributed by atoms with van der Waals surface area (Å²) in [6, 6.07) is 10.5. The molecule has 0 spiro atoms. The topological polar surface area (TPSA) is 117 Å². The minimum absolute atomic E-state index is 0.0452. The van der Waals surface area contributed by atoms with Crippen molar-refractivity contribution >= 4 is 21.8 Å². The summed E-state index contributed by atoms with van der Waals surface area (Å²) >= 11 is 0. The van der Waals surface area contributed by atoms with Gasteiger partial charge in [-0.3, -0.25) is 14.9 Å². The molecule has 14 heteroatoms. The van der Waals surface area contributed by atoms with Crippen LogP contribution in [0.3, 0.4) is 0 Å². The molecule has 2 N–H and O–H groups in total. The van der Waals surface area contributed by atoms with Crippen molar-refractivity contribution in [1.82, 2.24) is 19.8 Å². The van der Waals surface area contributed by atoms with Gasteiger partial charge in [0, 0.05) is 43.7 Å². The molecule has 224 valence electrons. The minimum Gasteiger partial charge on any atom is -0.497 e. The van der Waals surface area contributed by atoms with E-state index in [0.717, 1.165) is 48.3 Å². The lowest BCUT2D eigenvalue weighted by Crippen LogP contribution is -2.57. The lowest BCUT2D eigenvalue weighted by molar-refractivity contribution is -0.137. The highest BCUT2D eigenvalue weighted by molar-refractivity contribution is 7.88. The van der Waals surface area contributed by atoms with Crippen molar-refractivity contribution in [2.75, 3.05) is 52.9 Å². The number of piperazine rings is 1. The van der Waals surface area contributed by atoms with E-state index in [0.29, 0.717) is 5.92 Å². The highest BCUT2D eigenvalue weighted by Gasteiger charge is 2.38. The molecule has 2 aromatic rings. The predicted octanol–water partition coefficient (Wildman–Crippen LogP) is 2.04. The van der Waals surface area contributed by atoms with Crippen LogP contribution in [0.25, 0.3) is 0 Å². The molecule has 4 rings (SSSR count). The Kier molecular flexibility index (Phi) is 9.57. The van der Waals surface area contributed by atoms with Gasteiger partial charge < -0.3 is 19.7 Å². The standard InChI is InChI=1S/C27H33F3N4O6S/c1-39-21-9-5-18(6-10-21)22-15-23(22)31-17-40-16-24(26(36)33-11-13-34(14-12-33)41(2,37)38)32-25(35)19-3-7-20(8-4-19)27(28,29)30/h3-10,22-24,31H,11-17H2,1-2H3,(H,32,35)/t22-,23?,24-/m0/s1. The van der Waals surface area contributed by atoms with Crippen LogP contribution in [-0.4, -0.2) is 94.4 Å². The number of rotatable bonds is 11. The summed E-state index contributed by atoms with van der Waals surface area (Å²) in [6.45, 7) is 0.399. The van der Waals surface area contributed by atoms with E-state index in [1.807, 2.05) is 24.3 Å². The Bertz CT molecular complexity index is 1310. The first-order chi connectivity index (χ1) is 19.4. The van der Waals surface area contributed by atoms with Gasteiger partial charge >= 0.3 is 6.18 Å². The quantitative estimate of drug-likeness (QED) is 0.300. The molecule has 2 fully saturated rings.